The van der Waals surface area contributed by atoms with E-state index < -0.39 is 26.5 Å². The number of esters is 1. The fourth-order valence-corrected chi connectivity index (χ4v) is 2.77. The average Bonchev–Trinajstić information content (AvgIpc) is 2.11. The number of rotatable bonds is 2. The highest BCUT2D eigenvalue weighted by molar-refractivity contribution is 6.74. The average molecular weight is 278 g/mol. The zero-order valence-electron chi connectivity index (χ0n) is 6.60. The van der Waals surface area contributed by atoms with E-state index in [2.05, 4.69) is 11.3 Å². The summed E-state index contributed by atoms with van der Waals surface area (Å²) in [5, 5.41) is 0. The fraction of sp³-hybridized carbons (Fsp3) is 0.429. The first-order chi connectivity index (χ1) is 6.24. The number of ketones is 1. The molecule has 1 rings (SSSR count). The minimum atomic E-state index is -1.89. The molecule has 0 spiro atoms. The van der Waals surface area contributed by atoms with Gasteiger partial charge in [0.15, 0.2) is 6.10 Å². The van der Waals surface area contributed by atoms with E-state index in [9.17, 15) is 9.59 Å². The molecule has 0 aromatic carbocycles. The lowest BCUT2D eigenvalue weighted by atomic mass is 9.91. The molecule has 0 aromatic rings. The summed E-state index contributed by atoms with van der Waals surface area (Å²) >= 11 is 22.2. The van der Waals surface area contributed by atoms with Crippen LogP contribution in [0, 0.1) is 0 Å². The third-order valence-corrected chi connectivity index (χ3v) is 3.14. The molecule has 0 bridgehead atoms. The number of halogens is 4. The van der Waals surface area contributed by atoms with Gasteiger partial charge in [-0.25, -0.2) is 4.79 Å². The van der Waals surface area contributed by atoms with E-state index in [1.165, 1.54) is 0 Å². The lowest BCUT2D eigenvalue weighted by Gasteiger charge is -2.45. The summed E-state index contributed by atoms with van der Waals surface area (Å²) in [7, 11) is 0. The van der Waals surface area contributed by atoms with Crippen molar-refractivity contribution in [2.45, 2.75) is 14.8 Å². The second kappa shape index (κ2) is 3.56. The Morgan fingerprint density at radius 1 is 1.36 bits per heavy atom. The summed E-state index contributed by atoms with van der Waals surface area (Å²) < 4.78 is 0.857. The Hall–Kier alpha value is 0.0400. The van der Waals surface area contributed by atoms with Gasteiger partial charge in [0.2, 0.25) is 14.4 Å². The van der Waals surface area contributed by atoms with Gasteiger partial charge in [0.1, 0.15) is 0 Å². The van der Waals surface area contributed by atoms with Gasteiger partial charge in [0.05, 0.1) is 0 Å². The van der Waals surface area contributed by atoms with Gasteiger partial charge < -0.3 is 4.74 Å². The predicted octanol–water partition coefficient (Wildman–Crippen LogP) is 2.01. The van der Waals surface area contributed by atoms with E-state index >= 15 is 0 Å². The molecular formula is C7H4Cl4O3. The van der Waals surface area contributed by atoms with Gasteiger partial charge >= 0.3 is 5.97 Å². The quantitative estimate of drug-likeness (QED) is 0.441. The van der Waals surface area contributed by atoms with Crippen molar-refractivity contribution < 1.29 is 14.3 Å². The highest BCUT2D eigenvalue weighted by Crippen LogP contribution is 2.53. The summed E-state index contributed by atoms with van der Waals surface area (Å²) in [6.45, 7) is 3.15. The minimum Gasteiger partial charge on any atom is -0.452 e. The summed E-state index contributed by atoms with van der Waals surface area (Å²) in [5.74, 6) is -1.61. The molecule has 0 atom stereocenters. The number of hydrogen-bond acceptors (Lipinski definition) is 3. The van der Waals surface area contributed by atoms with Crippen molar-refractivity contribution in [1.29, 1.82) is 0 Å². The monoisotopic (exact) mass is 276 g/mol. The smallest absolute Gasteiger partial charge is 0.330 e. The van der Waals surface area contributed by atoms with Crippen LogP contribution >= 0.6 is 46.4 Å². The molecule has 0 heterocycles. The van der Waals surface area contributed by atoms with Crippen molar-refractivity contribution in [3.63, 3.8) is 0 Å². The molecule has 3 nitrogen and oxygen atoms in total. The van der Waals surface area contributed by atoms with Crippen LogP contribution in [0.5, 0.6) is 0 Å². The third-order valence-electron chi connectivity index (χ3n) is 1.66. The van der Waals surface area contributed by atoms with Crippen LogP contribution in [0.2, 0.25) is 0 Å². The van der Waals surface area contributed by atoms with Crippen molar-refractivity contribution in [3.8, 4) is 0 Å². The molecule has 0 aromatic heterocycles. The van der Waals surface area contributed by atoms with Crippen molar-refractivity contribution >= 4 is 58.2 Å². The molecule has 0 unspecified atom stereocenters. The summed E-state index contributed by atoms with van der Waals surface area (Å²) in [6, 6.07) is 0. The van der Waals surface area contributed by atoms with Gasteiger partial charge in [-0.05, 0) is 0 Å². The zero-order chi connectivity index (χ0) is 11.1. The lowest BCUT2D eigenvalue weighted by Crippen LogP contribution is -2.69. The van der Waals surface area contributed by atoms with Gasteiger partial charge in [-0.3, -0.25) is 4.79 Å². The van der Waals surface area contributed by atoms with Crippen LogP contribution in [-0.4, -0.2) is 26.5 Å². The number of ether oxygens (including phenoxy) is 1. The Labute approximate surface area is 99.9 Å². The van der Waals surface area contributed by atoms with Gasteiger partial charge in [-0.2, -0.15) is 0 Å². The number of Topliss-reactive ketones (excluding diaryl/α,β-unsaturated/α-hetero) is 1. The van der Waals surface area contributed by atoms with Crippen molar-refractivity contribution in [1.82, 2.24) is 0 Å². The predicted molar refractivity (Wildman–Crippen MR) is 54.0 cm³/mol. The van der Waals surface area contributed by atoms with E-state index in [0.29, 0.717) is 0 Å². The zero-order valence-corrected chi connectivity index (χ0v) is 9.62. The Bertz CT molecular complexity index is 292. The molecule has 0 saturated heterocycles. The number of carbonyl (C=O) groups is 2. The molecule has 78 valence electrons. The fourth-order valence-electron chi connectivity index (χ4n) is 0.923. The Kier molecular flexibility index (Phi) is 3.08. The van der Waals surface area contributed by atoms with Crippen LogP contribution in [0.25, 0.3) is 0 Å². The molecule has 7 heteroatoms. The molecule has 14 heavy (non-hydrogen) atoms. The highest BCUT2D eigenvalue weighted by atomic mass is 35.5. The van der Waals surface area contributed by atoms with Crippen LogP contribution in [0.15, 0.2) is 12.7 Å². The number of hydrogen-bond donors (Lipinski definition) is 0. The van der Waals surface area contributed by atoms with Crippen molar-refractivity contribution in [2.75, 3.05) is 0 Å². The molecular weight excluding hydrogens is 274 g/mol. The molecule has 0 N–H and O–H groups in total. The van der Waals surface area contributed by atoms with Crippen LogP contribution in [-0.2, 0) is 14.3 Å². The Balaban J connectivity index is 2.83. The second-order valence-electron chi connectivity index (χ2n) is 2.60. The van der Waals surface area contributed by atoms with Crippen molar-refractivity contribution in [2.24, 2.45) is 0 Å². The minimum absolute atomic E-state index is 0.807. The van der Waals surface area contributed by atoms with Crippen LogP contribution in [0.1, 0.15) is 0 Å². The standard InChI is InChI=1S/C7H4Cl4O3/c1-2-3(12)14-5-6(8,9)4(13)7(5,10)11/h2,5H,1H2. The van der Waals surface area contributed by atoms with E-state index in [4.69, 9.17) is 46.4 Å². The lowest BCUT2D eigenvalue weighted by molar-refractivity contribution is -0.154. The number of alkyl halides is 4. The normalized spacial score (nSPS) is 23.9. The first kappa shape index (κ1) is 12.1. The van der Waals surface area contributed by atoms with Crippen molar-refractivity contribution in [3.05, 3.63) is 12.7 Å². The molecule has 1 fully saturated rings. The third kappa shape index (κ3) is 1.63. The van der Waals surface area contributed by atoms with Gasteiger partial charge in [0.25, 0.3) is 0 Å². The molecule has 0 amide bonds. The first-order valence-corrected chi connectivity index (χ1v) is 4.89. The van der Waals surface area contributed by atoms with E-state index in [1.54, 1.807) is 0 Å². The summed E-state index contributed by atoms with van der Waals surface area (Å²) in [6.07, 6.45) is -0.407. The van der Waals surface area contributed by atoms with Gasteiger partial charge in [0, 0.05) is 6.08 Å². The largest absolute Gasteiger partial charge is 0.452 e. The Morgan fingerprint density at radius 2 is 1.79 bits per heavy atom. The maximum Gasteiger partial charge on any atom is 0.330 e. The molecule has 0 aliphatic heterocycles. The maximum absolute atomic E-state index is 11.1. The van der Waals surface area contributed by atoms with Crippen LogP contribution < -0.4 is 0 Å². The van der Waals surface area contributed by atoms with Crippen LogP contribution in [0.3, 0.4) is 0 Å². The SMILES string of the molecule is C=CC(=O)OC1C(Cl)(Cl)C(=O)C1(Cl)Cl. The maximum atomic E-state index is 11.1. The van der Waals surface area contributed by atoms with Gasteiger partial charge in [-0.1, -0.05) is 53.0 Å². The second-order valence-corrected chi connectivity index (χ2v) is 5.37. The molecule has 0 radical (unpaired) electrons. The van der Waals surface area contributed by atoms with E-state index in [1.807, 2.05) is 0 Å². The number of carbonyl (C=O) groups excluding carboxylic acids is 2. The van der Waals surface area contributed by atoms with E-state index in [0.717, 1.165) is 6.08 Å². The molecule has 1 aliphatic carbocycles. The molecule has 1 aliphatic rings. The summed E-state index contributed by atoms with van der Waals surface area (Å²) in [5.41, 5.74) is 0. The summed E-state index contributed by atoms with van der Waals surface area (Å²) in [4.78, 5) is 22.0. The van der Waals surface area contributed by atoms with Gasteiger partial charge in [-0.15, -0.1) is 0 Å². The molecule has 1 saturated carbocycles. The van der Waals surface area contributed by atoms with E-state index in [-0.39, 0.29) is 0 Å². The topological polar surface area (TPSA) is 43.4 Å². The highest BCUT2D eigenvalue weighted by Gasteiger charge is 2.72. The van der Waals surface area contributed by atoms with Crippen LogP contribution in [0.4, 0.5) is 0 Å². The first-order valence-electron chi connectivity index (χ1n) is 3.38. The Morgan fingerprint density at radius 3 is 2.14 bits per heavy atom.